The van der Waals surface area contributed by atoms with Gasteiger partial charge in [0.25, 0.3) is 0 Å². The number of hydrogen-bond acceptors (Lipinski definition) is 2. The van der Waals surface area contributed by atoms with Crippen molar-refractivity contribution in [3.8, 4) is 0 Å². The molecule has 2 aliphatic heterocycles. The first kappa shape index (κ1) is 8.25. The molecule has 3 fully saturated rings. The molecule has 2 N–H and O–H groups in total. The van der Waals surface area contributed by atoms with Crippen molar-refractivity contribution in [3.63, 3.8) is 0 Å². The summed E-state index contributed by atoms with van der Waals surface area (Å²) in [5, 5.41) is 7.07. The SMILES string of the molecule is C1CNCC(C2CC23CCNC3)C1. The molecule has 2 heteroatoms. The molecule has 0 radical (unpaired) electrons. The van der Waals surface area contributed by atoms with E-state index in [0.29, 0.717) is 0 Å². The second kappa shape index (κ2) is 2.96. The summed E-state index contributed by atoms with van der Waals surface area (Å²) in [7, 11) is 0. The third-order valence-corrected chi connectivity index (χ3v) is 4.43. The molecule has 0 aromatic heterocycles. The van der Waals surface area contributed by atoms with E-state index in [2.05, 4.69) is 10.6 Å². The van der Waals surface area contributed by atoms with Gasteiger partial charge in [-0.1, -0.05) is 0 Å². The van der Waals surface area contributed by atoms with E-state index in [1.54, 1.807) is 0 Å². The first-order chi connectivity index (χ1) is 6.41. The van der Waals surface area contributed by atoms with Crippen LogP contribution in [0.2, 0.25) is 0 Å². The summed E-state index contributed by atoms with van der Waals surface area (Å²) in [4.78, 5) is 0. The lowest BCUT2D eigenvalue weighted by atomic mass is 9.88. The number of piperidine rings is 1. The van der Waals surface area contributed by atoms with Crippen LogP contribution in [0.5, 0.6) is 0 Å². The van der Waals surface area contributed by atoms with E-state index < -0.39 is 0 Å². The van der Waals surface area contributed by atoms with Crippen molar-refractivity contribution >= 4 is 0 Å². The average Bonchev–Trinajstić information content (AvgIpc) is 2.66. The van der Waals surface area contributed by atoms with Gasteiger partial charge in [-0.2, -0.15) is 0 Å². The molecule has 0 bridgehead atoms. The van der Waals surface area contributed by atoms with Gasteiger partial charge in [-0.15, -0.1) is 0 Å². The maximum Gasteiger partial charge on any atom is 0.00112 e. The predicted molar refractivity (Wildman–Crippen MR) is 53.6 cm³/mol. The highest BCUT2D eigenvalue weighted by Crippen LogP contribution is 2.60. The van der Waals surface area contributed by atoms with E-state index in [-0.39, 0.29) is 0 Å². The number of hydrogen-bond donors (Lipinski definition) is 2. The summed E-state index contributed by atoms with van der Waals surface area (Å²) in [6.45, 7) is 5.14. The molecular weight excluding hydrogens is 160 g/mol. The first-order valence-electron chi connectivity index (χ1n) is 5.82. The van der Waals surface area contributed by atoms with E-state index in [1.807, 2.05) is 0 Å². The molecule has 74 valence electrons. The fourth-order valence-electron chi connectivity index (χ4n) is 3.52. The van der Waals surface area contributed by atoms with Gasteiger partial charge in [0, 0.05) is 6.54 Å². The molecule has 2 nitrogen and oxygen atoms in total. The smallest absolute Gasteiger partial charge is 0.00112 e. The van der Waals surface area contributed by atoms with Crippen LogP contribution in [0.3, 0.4) is 0 Å². The van der Waals surface area contributed by atoms with Gasteiger partial charge in [0.2, 0.25) is 0 Å². The van der Waals surface area contributed by atoms with Crippen LogP contribution in [-0.2, 0) is 0 Å². The Bertz CT molecular complexity index is 190. The Morgan fingerprint density at radius 3 is 2.85 bits per heavy atom. The van der Waals surface area contributed by atoms with Crippen LogP contribution in [0.1, 0.15) is 25.7 Å². The second-order valence-electron chi connectivity index (χ2n) is 5.21. The summed E-state index contributed by atoms with van der Waals surface area (Å²) < 4.78 is 0. The predicted octanol–water partition coefficient (Wildman–Crippen LogP) is 0.986. The van der Waals surface area contributed by atoms with Crippen LogP contribution >= 0.6 is 0 Å². The Balaban J connectivity index is 1.61. The van der Waals surface area contributed by atoms with Crippen molar-refractivity contribution in [2.75, 3.05) is 26.2 Å². The summed E-state index contributed by atoms with van der Waals surface area (Å²) in [6.07, 6.45) is 5.87. The van der Waals surface area contributed by atoms with Crippen molar-refractivity contribution < 1.29 is 0 Å². The van der Waals surface area contributed by atoms with Gasteiger partial charge >= 0.3 is 0 Å². The lowest BCUT2D eigenvalue weighted by Crippen LogP contribution is -2.32. The van der Waals surface area contributed by atoms with Gasteiger partial charge in [-0.25, -0.2) is 0 Å². The van der Waals surface area contributed by atoms with Crippen LogP contribution in [0.25, 0.3) is 0 Å². The highest BCUT2D eigenvalue weighted by molar-refractivity contribution is 5.09. The third kappa shape index (κ3) is 1.31. The van der Waals surface area contributed by atoms with E-state index in [4.69, 9.17) is 0 Å². The van der Waals surface area contributed by atoms with Gasteiger partial charge in [-0.3, -0.25) is 0 Å². The first-order valence-corrected chi connectivity index (χ1v) is 5.82. The standard InChI is InChI=1S/C11H20N2/c1-2-9(7-12-4-1)10-6-11(10)3-5-13-8-11/h9-10,12-13H,1-8H2. The van der Waals surface area contributed by atoms with Crippen LogP contribution in [-0.4, -0.2) is 26.2 Å². The summed E-state index contributed by atoms with van der Waals surface area (Å²) >= 11 is 0. The minimum atomic E-state index is 0.768. The van der Waals surface area contributed by atoms with Crippen LogP contribution < -0.4 is 10.6 Å². The fraction of sp³-hybridized carbons (Fsp3) is 1.00. The molecule has 0 aromatic rings. The minimum absolute atomic E-state index is 0.768. The molecule has 13 heavy (non-hydrogen) atoms. The zero-order chi connectivity index (χ0) is 8.73. The topological polar surface area (TPSA) is 24.1 Å². The molecule has 3 aliphatic rings. The largest absolute Gasteiger partial charge is 0.316 e. The number of rotatable bonds is 1. The van der Waals surface area contributed by atoms with Crippen molar-refractivity contribution in [1.82, 2.24) is 10.6 Å². The monoisotopic (exact) mass is 180 g/mol. The van der Waals surface area contributed by atoms with Gasteiger partial charge < -0.3 is 10.6 Å². The van der Waals surface area contributed by atoms with E-state index in [9.17, 15) is 0 Å². The maximum absolute atomic E-state index is 3.54. The molecule has 1 saturated carbocycles. The van der Waals surface area contributed by atoms with Gasteiger partial charge in [0.1, 0.15) is 0 Å². The van der Waals surface area contributed by atoms with Gasteiger partial charge in [0.15, 0.2) is 0 Å². The highest BCUT2D eigenvalue weighted by atomic mass is 15.0. The summed E-state index contributed by atoms with van der Waals surface area (Å²) in [5.74, 6) is 2.07. The second-order valence-corrected chi connectivity index (χ2v) is 5.21. The van der Waals surface area contributed by atoms with Crippen molar-refractivity contribution in [2.24, 2.45) is 17.3 Å². The van der Waals surface area contributed by atoms with Crippen LogP contribution in [0.4, 0.5) is 0 Å². The lowest BCUT2D eigenvalue weighted by Gasteiger charge is -2.24. The quantitative estimate of drug-likeness (QED) is 0.629. The van der Waals surface area contributed by atoms with Crippen molar-refractivity contribution in [2.45, 2.75) is 25.7 Å². The summed E-state index contributed by atoms with van der Waals surface area (Å²) in [6, 6.07) is 0. The normalized spacial score (nSPS) is 49.8. The molecule has 0 aromatic carbocycles. The Morgan fingerprint density at radius 2 is 2.15 bits per heavy atom. The zero-order valence-corrected chi connectivity index (χ0v) is 8.31. The van der Waals surface area contributed by atoms with Crippen LogP contribution in [0.15, 0.2) is 0 Å². The van der Waals surface area contributed by atoms with E-state index in [1.165, 1.54) is 51.9 Å². The molecule has 3 unspecified atom stereocenters. The molecule has 2 saturated heterocycles. The molecule has 1 spiro atoms. The highest BCUT2D eigenvalue weighted by Gasteiger charge is 2.57. The van der Waals surface area contributed by atoms with Gasteiger partial charge in [0.05, 0.1) is 0 Å². The minimum Gasteiger partial charge on any atom is -0.316 e. The lowest BCUT2D eigenvalue weighted by molar-refractivity contribution is 0.299. The van der Waals surface area contributed by atoms with Gasteiger partial charge in [-0.05, 0) is 62.6 Å². The summed E-state index contributed by atoms with van der Waals surface area (Å²) in [5.41, 5.74) is 0.768. The average molecular weight is 180 g/mol. The van der Waals surface area contributed by atoms with Crippen molar-refractivity contribution in [1.29, 1.82) is 0 Å². The van der Waals surface area contributed by atoms with E-state index >= 15 is 0 Å². The van der Waals surface area contributed by atoms with Crippen LogP contribution in [0, 0.1) is 17.3 Å². The number of nitrogens with one attached hydrogen (secondary N) is 2. The molecule has 1 aliphatic carbocycles. The van der Waals surface area contributed by atoms with Crippen molar-refractivity contribution in [3.05, 3.63) is 0 Å². The zero-order valence-electron chi connectivity index (χ0n) is 8.31. The Hall–Kier alpha value is -0.0800. The molecular formula is C11H20N2. The molecule has 0 amide bonds. The van der Waals surface area contributed by atoms with E-state index in [0.717, 1.165) is 17.3 Å². The molecule has 2 heterocycles. The maximum atomic E-state index is 3.54. The Morgan fingerprint density at radius 1 is 1.15 bits per heavy atom. The Labute approximate surface area is 80.5 Å². The molecule has 3 rings (SSSR count). The Kier molecular flexibility index (Phi) is 1.88. The molecule has 3 atom stereocenters. The fourth-order valence-corrected chi connectivity index (χ4v) is 3.52. The third-order valence-electron chi connectivity index (χ3n) is 4.43.